The lowest BCUT2D eigenvalue weighted by molar-refractivity contribution is 0.0123. The number of ether oxygens (including phenoxy) is 1. The Hall–Kier alpha value is -0.810. The van der Waals surface area contributed by atoms with E-state index in [4.69, 9.17) is 4.74 Å². The van der Waals surface area contributed by atoms with Gasteiger partial charge in [-0.3, -0.25) is 4.90 Å². The lowest BCUT2D eigenvalue weighted by Gasteiger charge is -2.39. The van der Waals surface area contributed by atoms with E-state index in [1.807, 2.05) is 25.7 Å². The van der Waals surface area contributed by atoms with Crippen molar-refractivity contribution in [2.75, 3.05) is 52.4 Å². The summed E-state index contributed by atoms with van der Waals surface area (Å²) in [5.41, 5.74) is -0.401. The molecule has 0 bridgehead atoms. The van der Waals surface area contributed by atoms with Gasteiger partial charge in [-0.1, -0.05) is 6.92 Å². The van der Waals surface area contributed by atoms with Crippen LogP contribution in [-0.4, -0.2) is 78.8 Å². The summed E-state index contributed by atoms with van der Waals surface area (Å²) in [6, 6.07) is 0. The Morgan fingerprint density at radius 1 is 1.00 bits per heavy atom. The van der Waals surface area contributed by atoms with E-state index in [1.165, 1.54) is 39.0 Å². The zero-order chi connectivity index (χ0) is 16.2. The van der Waals surface area contributed by atoms with Gasteiger partial charge in [0.1, 0.15) is 5.60 Å². The standard InChI is InChI=1S/C17H33N3O2/c1-5-18-8-6-15(7-9-18)14-19-10-12-20(13-11-19)16(21)22-17(2,3)4/h15H,5-14H2,1-4H3. The molecule has 0 aromatic rings. The lowest BCUT2D eigenvalue weighted by atomic mass is 9.96. The predicted molar refractivity (Wildman–Crippen MR) is 89.1 cm³/mol. The zero-order valence-corrected chi connectivity index (χ0v) is 14.8. The van der Waals surface area contributed by atoms with Gasteiger partial charge in [0, 0.05) is 32.7 Å². The summed E-state index contributed by atoms with van der Waals surface area (Å²) in [4.78, 5) is 19.0. The molecule has 5 nitrogen and oxygen atoms in total. The Balaban J connectivity index is 1.68. The van der Waals surface area contributed by atoms with Gasteiger partial charge in [0.15, 0.2) is 0 Å². The quantitative estimate of drug-likeness (QED) is 0.801. The van der Waals surface area contributed by atoms with Gasteiger partial charge in [0.05, 0.1) is 0 Å². The first kappa shape index (κ1) is 17.5. The molecule has 2 saturated heterocycles. The van der Waals surface area contributed by atoms with Crippen LogP contribution in [0.4, 0.5) is 4.79 Å². The topological polar surface area (TPSA) is 36.0 Å². The summed E-state index contributed by atoms with van der Waals surface area (Å²) in [5, 5.41) is 0. The number of piperidine rings is 1. The van der Waals surface area contributed by atoms with E-state index in [2.05, 4.69) is 16.7 Å². The van der Waals surface area contributed by atoms with Crippen molar-refractivity contribution in [1.82, 2.24) is 14.7 Å². The highest BCUT2D eigenvalue weighted by Gasteiger charge is 2.27. The molecular weight excluding hydrogens is 278 g/mol. The van der Waals surface area contributed by atoms with Crippen LogP contribution < -0.4 is 0 Å². The van der Waals surface area contributed by atoms with Crippen molar-refractivity contribution < 1.29 is 9.53 Å². The van der Waals surface area contributed by atoms with Gasteiger partial charge in [-0.2, -0.15) is 0 Å². The summed E-state index contributed by atoms with van der Waals surface area (Å²) in [6.07, 6.45) is 2.48. The number of likely N-dealkylation sites (tertiary alicyclic amines) is 1. The molecular formula is C17H33N3O2. The second-order valence-electron chi connectivity index (χ2n) is 7.65. The van der Waals surface area contributed by atoms with Gasteiger partial charge >= 0.3 is 6.09 Å². The van der Waals surface area contributed by atoms with E-state index < -0.39 is 5.60 Å². The third-order valence-electron chi connectivity index (χ3n) is 4.69. The Morgan fingerprint density at radius 3 is 2.09 bits per heavy atom. The van der Waals surface area contributed by atoms with Crippen molar-refractivity contribution in [3.05, 3.63) is 0 Å². The van der Waals surface area contributed by atoms with Crippen LogP contribution in [0.2, 0.25) is 0 Å². The van der Waals surface area contributed by atoms with E-state index in [0.717, 1.165) is 32.1 Å². The normalized spacial score (nSPS) is 22.8. The summed E-state index contributed by atoms with van der Waals surface area (Å²) < 4.78 is 5.45. The molecule has 0 saturated carbocycles. The molecule has 1 amide bonds. The number of hydrogen-bond acceptors (Lipinski definition) is 4. The summed E-state index contributed by atoms with van der Waals surface area (Å²) >= 11 is 0. The molecule has 22 heavy (non-hydrogen) atoms. The first-order chi connectivity index (χ1) is 10.4. The van der Waals surface area contributed by atoms with Crippen molar-refractivity contribution in [3.8, 4) is 0 Å². The molecule has 2 heterocycles. The minimum absolute atomic E-state index is 0.164. The second-order valence-corrected chi connectivity index (χ2v) is 7.65. The zero-order valence-electron chi connectivity index (χ0n) is 14.8. The highest BCUT2D eigenvalue weighted by Crippen LogP contribution is 2.19. The maximum atomic E-state index is 12.1. The molecule has 0 aliphatic carbocycles. The highest BCUT2D eigenvalue weighted by atomic mass is 16.6. The molecule has 2 rings (SSSR count). The maximum Gasteiger partial charge on any atom is 0.410 e. The fourth-order valence-electron chi connectivity index (χ4n) is 3.29. The van der Waals surface area contributed by atoms with E-state index in [0.29, 0.717) is 0 Å². The van der Waals surface area contributed by atoms with Gasteiger partial charge in [0.2, 0.25) is 0 Å². The minimum atomic E-state index is -0.401. The Kier molecular flexibility index (Phi) is 6.09. The van der Waals surface area contributed by atoms with Crippen LogP contribution in [0, 0.1) is 5.92 Å². The summed E-state index contributed by atoms with van der Waals surface area (Å²) in [5.74, 6) is 0.830. The molecule has 5 heteroatoms. The van der Waals surface area contributed by atoms with Crippen LogP contribution in [0.5, 0.6) is 0 Å². The SMILES string of the molecule is CCN1CCC(CN2CCN(C(=O)OC(C)(C)C)CC2)CC1. The monoisotopic (exact) mass is 311 g/mol. The molecule has 128 valence electrons. The predicted octanol–water partition coefficient (Wildman–Crippen LogP) is 2.27. The van der Waals surface area contributed by atoms with Crippen molar-refractivity contribution >= 4 is 6.09 Å². The summed E-state index contributed by atoms with van der Waals surface area (Å²) in [7, 11) is 0. The third kappa shape index (κ3) is 5.43. The van der Waals surface area contributed by atoms with Gasteiger partial charge in [-0.15, -0.1) is 0 Å². The molecule has 0 unspecified atom stereocenters. The molecule has 2 fully saturated rings. The molecule has 2 aliphatic heterocycles. The van der Waals surface area contributed by atoms with Crippen LogP contribution >= 0.6 is 0 Å². The van der Waals surface area contributed by atoms with Crippen LogP contribution in [0.1, 0.15) is 40.5 Å². The number of amides is 1. The van der Waals surface area contributed by atoms with Gasteiger partial charge in [-0.25, -0.2) is 4.79 Å². The van der Waals surface area contributed by atoms with Crippen LogP contribution in [0.15, 0.2) is 0 Å². The molecule has 0 aromatic heterocycles. The highest BCUT2D eigenvalue weighted by molar-refractivity contribution is 5.68. The Labute approximate surface area is 135 Å². The Bertz CT molecular complexity index is 351. The van der Waals surface area contributed by atoms with Crippen molar-refractivity contribution in [2.45, 2.75) is 46.1 Å². The maximum absolute atomic E-state index is 12.1. The molecule has 0 atom stereocenters. The number of carbonyl (C=O) groups excluding carboxylic acids is 1. The average Bonchev–Trinajstić information content (AvgIpc) is 2.47. The Morgan fingerprint density at radius 2 is 1.59 bits per heavy atom. The van der Waals surface area contributed by atoms with Gasteiger partial charge < -0.3 is 14.5 Å². The van der Waals surface area contributed by atoms with Crippen LogP contribution in [0.3, 0.4) is 0 Å². The van der Waals surface area contributed by atoms with E-state index in [9.17, 15) is 4.79 Å². The third-order valence-corrected chi connectivity index (χ3v) is 4.69. The number of piperazine rings is 1. The molecule has 0 N–H and O–H groups in total. The molecule has 2 aliphatic rings. The first-order valence-corrected chi connectivity index (χ1v) is 8.80. The molecule has 0 aromatic carbocycles. The lowest BCUT2D eigenvalue weighted by Crippen LogP contribution is -2.51. The van der Waals surface area contributed by atoms with E-state index >= 15 is 0 Å². The van der Waals surface area contributed by atoms with Crippen LogP contribution in [0.25, 0.3) is 0 Å². The van der Waals surface area contributed by atoms with E-state index in [1.54, 1.807) is 0 Å². The fraction of sp³-hybridized carbons (Fsp3) is 0.941. The smallest absolute Gasteiger partial charge is 0.410 e. The average molecular weight is 311 g/mol. The second kappa shape index (κ2) is 7.64. The number of rotatable bonds is 3. The van der Waals surface area contributed by atoms with Crippen molar-refractivity contribution in [2.24, 2.45) is 5.92 Å². The largest absolute Gasteiger partial charge is 0.444 e. The number of hydrogen-bond donors (Lipinski definition) is 0. The first-order valence-electron chi connectivity index (χ1n) is 8.80. The molecule has 0 radical (unpaired) electrons. The fourth-order valence-corrected chi connectivity index (χ4v) is 3.29. The van der Waals surface area contributed by atoms with Gasteiger partial charge in [0.25, 0.3) is 0 Å². The van der Waals surface area contributed by atoms with Gasteiger partial charge in [-0.05, 0) is 59.2 Å². The minimum Gasteiger partial charge on any atom is -0.444 e. The van der Waals surface area contributed by atoms with Crippen molar-refractivity contribution in [3.63, 3.8) is 0 Å². The molecule has 0 spiro atoms. The van der Waals surface area contributed by atoms with Crippen LogP contribution in [-0.2, 0) is 4.74 Å². The summed E-state index contributed by atoms with van der Waals surface area (Å²) in [6.45, 7) is 16.4. The van der Waals surface area contributed by atoms with Crippen molar-refractivity contribution in [1.29, 1.82) is 0 Å². The number of nitrogens with zero attached hydrogens (tertiary/aromatic N) is 3. The number of carbonyl (C=O) groups is 1. The van der Waals surface area contributed by atoms with E-state index in [-0.39, 0.29) is 6.09 Å².